The first-order valence-corrected chi connectivity index (χ1v) is 15.8. The number of nitrogens with zero attached hydrogens (tertiary/aromatic N) is 2. The van der Waals surface area contributed by atoms with E-state index in [2.05, 4.69) is 36.4 Å². The van der Waals surface area contributed by atoms with Gasteiger partial charge < -0.3 is 10.8 Å². The van der Waals surface area contributed by atoms with Gasteiger partial charge in [0.2, 0.25) is 11.4 Å². The van der Waals surface area contributed by atoms with Gasteiger partial charge >= 0.3 is 0 Å². The van der Waals surface area contributed by atoms with E-state index in [0.29, 0.717) is 5.57 Å². The number of rotatable bonds is 11. The number of Topliss-reactive ketones (excluding diaryl/α,β-unsaturated/α-hetero) is 1. The molecule has 5 nitrogen and oxygen atoms in total. The van der Waals surface area contributed by atoms with Gasteiger partial charge in [0.15, 0.2) is 5.78 Å². The molecule has 5 heteroatoms. The van der Waals surface area contributed by atoms with E-state index in [1.165, 1.54) is 5.56 Å². The van der Waals surface area contributed by atoms with Gasteiger partial charge in [0, 0.05) is 23.7 Å². The van der Waals surface area contributed by atoms with Crippen molar-refractivity contribution in [1.29, 1.82) is 0 Å². The Balaban J connectivity index is 1.39. The third-order valence-electron chi connectivity index (χ3n) is 8.87. The van der Waals surface area contributed by atoms with Crippen molar-refractivity contribution in [3.8, 4) is 0 Å². The molecule has 0 spiro atoms. The summed E-state index contributed by atoms with van der Waals surface area (Å²) in [4.78, 5) is 14.3. The standard InChI is InChI=1S/C40H39N3O2/c1-27(41)34(33(30-20-9-4-10-21-30)26-16-15-19-29-17-7-3-8-18-29)36-39(44)37(40(36)45)35-28(2)42-43(32-24-13-6-14-25-32)38(35)31-22-11-5-12-23-31/h3-14,17-18,20-25,27,35,37H,15-16,19,26,41H2,1-2H3/p+1. The number of unbranched alkanes of at least 4 members (excludes halogenated alkanes) is 1. The summed E-state index contributed by atoms with van der Waals surface area (Å²) in [5.41, 5.74) is 14.7. The van der Waals surface area contributed by atoms with Crippen LogP contribution in [0.25, 0.3) is 5.57 Å². The Bertz CT molecular complexity index is 1790. The number of hydrogen-bond donors (Lipinski definition) is 2. The molecule has 3 unspecified atom stereocenters. The van der Waals surface area contributed by atoms with Crippen LogP contribution in [0, 0.1) is 11.8 Å². The Morgan fingerprint density at radius 2 is 1.40 bits per heavy atom. The lowest BCUT2D eigenvalue weighted by Gasteiger charge is -2.34. The lowest BCUT2D eigenvalue weighted by molar-refractivity contribution is -0.442. The maximum absolute atomic E-state index is 14.3. The van der Waals surface area contributed by atoms with E-state index < -0.39 is 17.9 Å². The molecule has 0 amide bonds. The van der Waals surface area contributed by atoms with Crippen LogP contribution in [0.5, 0.6) is 0 Å². The summed E-state index contributed by atoms with van der Waals surface area (Å²) in [5.74, 6) is -1.10. The molecule has 3 atom stereocenters. The van der Waals surface area contributed by atoms with Crippen LogP contribution in [0.4, 0.5) is 5.69 Å². The monoisotopic (exact) mass is 594 g/mol. The van der Waals surface area contributed by atoms with Crippen molar-refractivity contribution >= 4 is 28.5 Å². The van der Waals surface area contributed by atoms with Crippen LogP contribution >= 0.6 is 0 Å². The van der Waals surface area contributed by atoms with Crippen molar-refractivity contribution in [1.82, 2.24) is 0 Å². The van der Waals surface area contributed by atoms with Gasteiger partial charge in [-0.15, -0.1) is 0 Å². The second-order valence-electron chi connectivity index (χ2n) is 12.0. The summed E-state index contributed by atoms with van der Waals surface area (Å²) in [5, 5.41) is 16.8. The zero-order chi connectivity index (χ0) is 31.3. The van der Waals surface area contributed by atoms with Crippen molar-refractivity contribution in [2.75, 3.05) is 0 Å². The maximum Gasteiger partial charge on any atom is 0.238 e. The van der Waals surface area contributed by atoms with E-state index in [9.17, 15) is 9.90 Å². The molecule has 3 N–H and O–H groups in total. The van der Waals surface area contributed by atoms with E-state index in [0.717, 1.165) is 65.1 Å². The van der Waals surface area contributed by atoms with Gasteiger partial charge in [0.25, 0.3) is 0 Å². The van der Waals surface area contributed by atoms with Crippen molar-refractivity contribution in [2.24, 2.45) is 22.7 Å². The van der Waals surface area contributed by atoms with E-state index >= 15 is 0 Å². The summed E-state index contributed by atoms with van der Waals surface area (Å²) < 4.78 is 1.92. The Hall–Kier alpha value is -4.87. The van der Waals surface area contributed by atoms with Crippen molar-refractivity contribution < 1.29 is 14.6 Å². The highest BCUT2D eigenvalue weighted by Gasteiger charge is 2.54. The number of aryl methyl sites for hydroxylation is 1. The molecule has 226 valence electrons. The molecule has 1 heterocycles. The number of hydrogen-bond acceptors (Lipinski definition) is 4. The van der Waals surface area contributed by atoms with E-state index in [1.807, 2.05) is 103 Å². The third kappa shape index (κ3) is 6.09. The van der Waals surface area contributed by atoms with Crippen molar-refractivity contribution in [3.05, 3.63) is 155 Å². The summed E-state index contributed by atoms with van der Waals surface area (Å²) in [6.45, 7) is 3.85. The molecule has 4 aromatic carbocycles. The highest BCUT2D eigenvalue weighted by molar-refractivity contribution is 6.22. The molecular formula is C40H40N3O2+. The topological polar surface area (TPSA) is 78.7 Å². The van der Waals surface area contributed by atoms with Crippen molar-refractivity contribution in [3.63, 3.8) is 0 Å². The molecule has 0 bridgehead atoms. The number of aliphatic hydroxyl groups excluding tert-OH is 1. The molecule has 0 saturated heterocycles. The van der Waals surface area contributed by atoms with Crippen LogP contribution in [-0.2, 0) is 11.2 Å². The fourth-order valence-electron chi connectivity index (χ4n) is 6.75. The third-order valence-corrected chi connectivity index (χ3v) is 8.87. The lowest BCUT2D eigenvalue weighted by atomic mass is 9.66. The first kappa shape index (κ1) is 30.2. The Morgan fingerprint density at radius 3 is 2.00 bits per heavy atom. The van der Waals surface area contributed by atoms with Gasteiger partial charge in [0.05, 0.1) is 17.2 Å². The van der Waals surface area contributed by atoms with Gasteiger partial charge in [-0.2, -0.15) is 0 Å². The zero-order valence-corrected chi connectivity index (χ0v) is 25.9. The number of allylic oxidation sites excluding steroid dienone is 2. The highest BCUT2D eigenvalue weighted by Crippen LogP contribution is 2.45. The fraction of sp³-hybridized carbons (Fsp3) is 0.225. The summed E-state index contributed by atoms with van der Waals surface area (Å²) in [6, 6.07) is 40.2. The van der Waals surface area contributed by atoms with Crippen molar-refractivity contribution in [2.45, 2.75) is 45.6 Å². The Morgan fingerprint density at radius 1 is 0.822 bits per heavy atom. The van der Waals surface area contributed by atoms with Gasteiger partial charge in [0.1, 0.15) is 11.7 Å². The van der Waals surface area contributed by atoms with Gasteiger partial charge in [-0.1, -0.05) is 97.1 Å². The number of carbonyl (C=O) groups excluding carboxylic acids is 1. The average Bonchev–Trinajstić information content (AvgIpc) is 3.41. The fourth-order valence-corrected chi connectivity index (χ4v) is 6.75. The highest BCUT2D eigenvalue weighted by atomic mass is 16.3. The van der Waals surface area contributed by atoms with E-state index in [4.69, 9.17) is 10.8 Å². The lowest BCUT2D eigenvalue weighted by Crippen LogP contribution is -2.45. The number of benzene rings is 4. The van der Waals surface area contributed by atoms with E-state index in [1.54, 1.807) is 0 Å². The molecule has 0 aromatic heterocycles. The second-order valence-corrected chi connectivity index (χ2v) is 12.0. The van der Waals surface area contributed by atoms with Crippen LogP contribution in [0.15, 0.2) is 143 Å². The normalized spacial score (nSPS) is 19.3. The number of carbonyl (C=O) groups is 1. The second kappa shape index (κ2) is 13.4. The Kier molecular flexibility index (Phi) is 8.99. The van der Waals surface area contributed by atoms with Crippen LogP contribution in [0.2, 0.25) is 0 Å². The quantitative estimate of drug-likeness (QED) is 0.136. The smallest absolute Gasteiger partial charge is 0.238 e. The number of aliphatic hydroxyl groups is 1. The predicted octanol–water partition coefficient (Wildman–Crippen LogP) is 8.05. The first-order valence-electron chi connectivity index (χ1n) is 15.8. The number of ketones is 1. The first-order chi connectivity index (χ1) is 22.0. The number of hydrazone groups is 1. The molecular weight excluding hydrogens is 554 g/mol. The largest absolute Gasteiger partial charge is 0.511 e. The minimum absolute atomic E-state index is 0.0830. The molecule has 0 fully saturated rings. The molecule has 2 aliphatic rings. The molecule has 45 heavy (non-hydrogen) atoms. The molecule has 1 aliphatic heterocycles. The number of para-hydroxylation sites is 1. The minimum Gasteiger partial charge on any atom is -0.511 e. The molecule has 4 aromatic rings. The van der Waals surface area contributed by atoms with Gasteiger partial charge in [-0.3, -0.25) is 4.79 Å². The Labute approximate surface area is 265 Å². The molecule has 6 rings (SSSR count). The van der Waals surface area contributed by atoms with Crippen LogP contribution in [-0.4, -0.2) is 33.0 Å². The molecule has 0 radical (unpaired) electrons. The van der Waals surface area contributed by atoms with E-state index in [-0.39, 0.29) is 11.5 Å². The van der Waals surface area contributed by atoms with Crippen LogP contribution in [0.3, 0.4) is 0 Å². The summed E-state index contributed by atoms with van der Waals surface area (Å²) >= 11 is 0. The average molecular weight is 595 g/mol. The van der Waals surface area contributed by atoms with Crippen LogP contribution < -0.4 is 5.73 Å². The minimum atomic E-state index is -0.725. The molecule has 0 saturated carbocycles. The summed E-state index contributed by atoms with van der Waals surface area (Å²) in [6.07, 6.45) is 3.70. The van der Waals surface area contributed by atoms with Crippen LogP contribution in [0.1, 0.15) is 49.8 Å². The molecule has 1 aliphatic carbocycles. The SMILES string of the molecule is CC1=N[N+](c2ccccc2)=C(c2ccccc2)C1C1C(=O)C(C(=C(CCCCc2ccccc2)c2ccccc2)C(C)N)=C1O. The number of nitrogens with two attached hydrogens (primary N) is 1. The predicted molar refractivity (Wildman–Crippen MR) is 183 cm³/mol. The zero-order valence-electron chi connectivity index (χ0n) is 25.9. The van der Waals surface area contributed by atoms with Gasteiger partial charge in [-0.25, -0.2) is 0 Å². The maximum atomic E-state index is 14.3. The van der Waals surface area contributed by atoms with Gasteiger partial charge in [-0.05, 0) is 83.7 Å². The summed E-state index contributed by atoms with van der Waals surface area (Å²) in [7, 11) is 0.